The van der Waals surface area contributed by atoms with E-state index in [2.05, 4.69) is 29.2 Å². The predicted molar refractivity (Wildman–Crippen MR) is 101 cm³/mol. The van der Waals surface area contributed by atoms with Crippen molar-refractivity contribution in [2.45, 2.75) is 57.9 Å². The predicted octanol–water partition coefficient (Wildman–Crippen LogP) is 3.17. The maximum Gasteiger partial charge on any atom is 0.279 e. The van der Waals surface area contributed by atoms with Gasteiger partial charge in [0.05, 0.1) is 4.88 Å². The third-order valence-corrected chi connectivity index (χ3v) is 7.35. The first-order chi connectivity index (χ1) is 11.6. The van der Waals surface area contributed by atoms with Crippen molar-refractivity contribution < 1.29 is 4.79 Å². The van der Waals surface area contributed by atoms with Crippen molar-refractivity contribution in [2.24, 2.45) is 17.8 Å². The minimum absolute atomic E-state index is 0.0841. The van der Waals surface area contributed by atoms with E-state index < -0.39 is 0 Å². The summed E-state index contributed by atoms with van der Waals surface area (Å²) in [6.07, 6.45) is 8.67. The molecule has 0 aliphatic heterocycles. The highest BCUT2D eigenvalue weighted by atomic mass is 32.1. The van der Waals surface area contributed by atoms with Gasteiger partial charge in [-0.15, -0.1) is 11.3 Å². The van der Waals surface area contributed by atoms with Gasteiger partial charge in [0.1, 0.15) is 0 Å². The summed E-state index contributed by atoms with van der Waals surface area (Å²) in [6, 6.07) is 2.54. The Labute approximate surface area is 152 Å². The van der Waals surface area contributed by atoms with Crippen LogP contribution in [0, 0.1) is 17.8 Å². The van der Waals surface area contributed by atoms with Crippen molar-refractivity contribution in [3.8, 4) is 0 Å². The van der Waals surface area contributed by atoms with E-state index in [1.165, 1.54) is 42.5 Å². The number of carbonyl (C=O) groups excluding carboxylic acids is 1. The van der Waals surface area contributed by atoms with Crippen LogP contribution in [0.5, 0.6) is 0 Å². The molecule has 2 bridgehead atoms. The normalized spacial score (nSPS) is 30.7. The fourth-order valence-corrected chi connectivity index (χ4v) is 5.92. The van der Waals surface area contributed by atoms with Gasteiger partial charge in [0.15, 0.2) is 5.11 Å². The summed E-state index contributed by atoms with van der Waals surface area (Å²) in [4.78, 5) is 14.5. The van der Waals surface area contributed by atoms with Crippen molar-refractivity contribution in [3.05, 3.63) is 21.4 Å². The fraction of sp³-hybridized carbons (Fsp3) is 0.667. The third kappa shape index (κ3) is 3.31. The number of aryl methyl sites for hydroxylation is 1. The SMILES string of the molecule is C[C@@H]1CCc2sc(C(=O)NNC(=S)N[C@@H]3C[C@@H]4CC[C@@H]3C4)cc2C1. The molecule has 130 valence electrons. The molecule has 0 aromatic carbocycles. The van der Waals surface area contributed by atoms with Crippen molar-refractivity contribution in [1.29, 1.82) is 0 Å². The van der Waals surface area contributed by atoms with Crippen LogP contribution in [0.15, 0.2) is 6.07 Å². The van der Waals surface area contributed by atoms with E-state index in [4.69, 9.17) is 12.2 Å². The number of fused-ring (bicyclic) bond motifs is 3. The minimum Gasteiger partial charge on any atom is -0.358 e. The number of nitrogens with one attached hydrogen (secondary N) is 3. The zero-order valence-electron chi connectivity index (χ0n) is 14.1. The molecule has 0 spiro atoms. The summed E-state index contributed by atoms with van der Waals surface area (Å²) < 4.78 is 0. The molecule has 0 radical (unpaired) electrons. The Hall–Kier alpha value is -1.14. The summed E-state index contributed by atoms with van der Waals surface area (Å²) >= 11 is 6.97. The van der Waals surface area contributed by atoms with Gasteiger partial charge >= 0.3 is 0 Å². The molecule has 0 unspecified atom stereocenters. The molecule has 3 aliphatic carbocycles. The zero-order valence-corrected chi connectivity index (χ0v) is 15.7. The lowest BCUT2D eigenvalue weighted by Crippen LogP contribution is -2.50. The highest BCUT2D eigenvalue weighted by Crippen LogP contribution is 2.44. The largest absolute Gasteiger partial charge is 0.358 e. The number of hydrogen-bond donors (Lipinski definition) is 3. The molecule has 2 fully saturated rings. The number of thiophene rings is 1. The van der Waals surface area contributed by atoms with Crippen LogP contribution in [0.1, 0.15) is 59.1 Å². The van der Waals surface area contributed by atoms with E-state index in [9.17, 15) is 4.79 Å². The van der Waals surface area contributed by atoms with Crippen LogP contribution in [0.2, 0.25) is 0 Å². The smallest absolute Gasteiger partial charge is 0.279 e. The van der Waals surface area contributed by atoms with E-state index in [1.54, 1.807) is 11.3 Å². The average molecular weight is 364 g/mol. The molecule has 0 saturated heterocycles. The second-order valence-corrected chi connectivity index (χ2v) is 9.29. The Morgan fingerprint density at radius 3 is 2.88 bits per heavy atom. The average Bonchev–Trinajstić information content (AvgIpc) is 3.26. The van der Waals surface area contributed by atoms with E-state index in [-0.39, 0.29) is 5.91 Å². The Kier molecular flexibility index (Phi) is 4.52. The topological polar surface area (TPSA) is 53.2 Å². The maximum absolute atomic E-state index is 12.4. The molecule has 2 saturated carbocycles. The number of thiocarbonyl (C=S) groups is 1. The van der Waals surface area contributed by atoms with E-state index in [1.807, 2.05) is 0 Å². The van der Waals surface area contributed by atoms with Crippen LogP contribution >= 0.6 is 23.6 Å². The lowest BCUT2D eigenvalue weighted by molar-refractivity contribution is 0.0947. The van der Waals surface area contributed by atoms with E-state index in [0.29, 0.717) is 11.2 Å². The van der Waals surface area contributed by atoms with Crippen LogP contribution in [0.3, 0.4) is 0 Å². The summed E-state index contributed by atoms with van der Waals surface area (Å²) in [6.45, 7) is 2.28. The molecule has 4 nitrogen and oxygen atoms in total. The highest BCUT2D eigenvalue weighted by molar-refractivity contribution is 7.80. The van der Waals surface area contributed by atoms with Gasteiger partial charge in [-0.1, -0.05) is 13.3 Å². The quantitative estimate of drug-likeness (QED) is 0.558. The Morgan fingerprint density at radius 1 is 1.25 bits per heavy atom. The Morgan fingerprint density at radius 2 is 2.12 bits per heavy atom. The molecule has 1 aromatic heterocycles. The van der Waals surface area contributed by atoms with Crippen LogP contribution in [-0.4, -0.2) is 17.1 Å². The van der Waals surface area contributed by atoms with Crippen molar-refractivity contribution in [2.75, 3.05) is 0 Å². The standard InChI is InChI=1S/C18H25N3OS2/c1-10-2-5-15-13(6-10)9-16(24-15)17(22)20-21-18(23)19-14-8-11-3-4-12(14)7-11/h9-12,14H,2-8H2,1H3,(H,20,22)(H2,19,21,23)/t10-,11-,12-,14-/m1/s1. The lowest BCUT2D eigenvalue weighted by Gasteiger charge is -2.24. The molecule has 24 heavy (non-hydrogen) atoms. The zero-order chi connectivity index (χ0) is 16.7. The Bertz CT molecular complexity index is 657. The molecule has 4 atom stereocenters. The second-order valence-electron chi connectivity index (χ2n) is 7.74. The van der Waals surface area contributed by atoms with Crippen molar-refractivity contribution in [3.63, 3.8) is 0 Å². The summed E-state index contributed by atoms with van der Waals surface area (Å²) in [5, 5.41) is 3.92. The summed E-state index contributed by atoms with van der Waals surface area (Å²) in [5.41, 5.74) is 6.99. The molecular formula is C18H25N3OS2. The first-order valence-corrected chi connectivity index (χ1v) is 10.3. The Balaban J connectivity index is 1.28. The number of rotatable bonds is 2. The van der Waals surface area contributed by atoms with E-state index >= 15 is 0 Å². The second kappa shape index (κ2) is 6.64. The maximum atomic E-state index is 12.4. The van der Waals surface area contributed by atoms with Gasteiger partial charge in [0, 0.05) is 10.9 Å². The van der Waals surface area contributed by atoms with Crippen LogP contribution < -0.4 is 16.2 Å². The fourth-order valence-electron chi connectivity index (χ4n) is 4.62. The van der Waals surface area contributed by atoms with Gasteiger partial charge in [-0.3, -0.25) is 15.6 Å². The first kappa shape index (κ1) is 16.3. The van der Waals surface area contributed by atoms with Crippen LogP contribution in [0.4, 0.5) is 0 Å². The van der Waals surface area contributed by atoms with Crippen molar-refractivity contribution >= 4 is 34.6 Å². The molecule has 4 rings (SSSR count). The number of hydrazine groups is 1. The summed E-state index contributed by atoms with van der Waals surface area (Å²) in [7, 11) is 0. The molecule has 1 amide bonds. The molecule has 6 heteroatoms. The van der Waals surface area contributed by atoms with Gasteiger partial charge in [-0.25, -0.2) is 0 Å². The molecule has 1 aromatic rings. The minimum atomic E-state index is -0.0841. The van der Waals surface area contributed by atoms with Gasteiger partial charge in [-0.2, -0.15) is 0 Å². The van der Waals surface area contributed by atoms with Gasteiger partial charge in [0.25, 0.3) is 5.91 Å². The van der Waals surface area contributed by atoms with Crippen LogP contribution in [-0.2, 0) is 12.8 Å². The number of hydrogen-bond acceptors (Lipinski definition) is 3. The van der Waals surface area contributed by atoms with Gasteiger partial charge < -0.3 is 5.32 Å². The van der Waals surface area contributed by atoms with Crippen molar-refractivity contribution in [1.82, 2.24) is 16.2 Å². The monoisotopic (exact) mass is 363 g/mol. The third-order valence-electron chi connectivity index (χ3n) is 5.90. The molecule has 1 heterocycles. The highest BCUT2D eigenvalue weighted by Gasteiger charge is 2.39. The molecule has 3 N–H and O–H groups in total. The number of carbonyl (C=O) groups is 1. The van der Waals surface area contributed by atoms with Gasteiger partial charge in [-0.05, 0) is 80.1 Å². The lowest BCUT2D eigenvalue weighted by atomic mass is 9.90. The van der Waals surface area contributed by atoms with E-state index in [0.717, 1.165) is 35.5 Å². The summed E-state index contributed by atoms with van der Waals surface area (Å²) in [5.74, 6) is 2.28. The molecular weight excluding hydrogens is 338 g/mol. The van der Waals surface area contributed by atoms with Gasteiger partial charge in [0.2, 0.25) is 0 Å². The van der Waals surface area contributed by atoms with Crippen LogP contribution in [0.25, 0.3) is 0 Å². The first-order valence-electron chi connectivity index (χ1n) is 9.07. The number of amides is 1. The molecule has 3 aliphatic rings.